The Kier molecular flexibility index (Phi) is 5.02. The van der Waals surface area contributed by atoms with E-state index in [1.165, 1.54) is 25.7 Å². The van der Waals surface area contributed by atoms with Gasteiger partial charge in [0, 0.05) is 6.07 Å². The fourth-order valence-electron chi connectivity index (χ4n) is 2.47. The number of nitrogens with two attached hydrogens (primary N) is 1. The monoisotopic (exact) mass is 279 g/mol. The van der Waals surface area contributed by atoms with Crippen LogP contribution in [-0.4, -0.2) is 18.2 Å². The molecule has 0 aromatic heterocycles. The quantitative estimate of drug-likeness (QED) is 0.677. The lowest BCUT2D eigenvalue weighted by atomic mass is 10.1. The fourth-order valence-corrected chi connectivity index (χ4v) is 2.64. The van der Waals surface area contributed by atoms with E-state index < -0.39 is 0 Å². The second-order valence-electron chi connectivity index (χ2n) is 4.96. The lowest BCUT2D eigenvalue weighted by Crippen LogP contribution is -2.18. The lowest BCUT2D eigenvalue weighted by Gasteiger charge is -2.19. The molecule has 1 fully saturated rings. The van der Waals surface area contributed by atoms with Gasteiger partial charge in [0.2, 0.25) is 0 Å². The van der Waals surface area contributed by atoms with E-state index in [4.69, 9.17) is 27.4 Å². The second kappa shape index (κ2) is 6.75. The van der Waals surface area contributed by atoms with Gasteiger partial charge in [0.15, 0.2) is 0 Å². The summed E-state index contributed by atoms with van der Waals surface area (Å²) < 4.78 is 11.4. The van der Waals surface area contributed by atoms with E-state index in [0.29, 0.717) is 4.99 Å². The molecular weight excluding hydrogens is 258 g/mol. The third-order valence-corrected chi connectivity index (χ3v) is 3.77. The largest absolute Gasteiger partial charge is 0.497 e. The Morgan fingerprint density at radius 2 is 1.89 bits per heavy atom. The molecule has 104 valence electrons. The summed E-state index contributed by atoms with van der Waals surface area (Å²) in [5.41, 5.74) is 6.54. The predicted octanol–water partition coefficient (Wildman–Crippen LogP) is 3.43. The van der Waals surface area contributed by atoms with Crippen molar-refractivity contribution in [3.63, 3.8) is 0 Å². The van der Waals surface area contributed by atoms with Crippen molar-refractivity contribution in [1.82, 2.24) is 0 Å². The van der Waals surface area contributed by atoms with Crippen LogP contribution in [0, 0.1) is 0 Å². The fraction of sp³-hybridized carbons (Fsp3) is 0.533. The summed E-state index contributed by atoms with van der Waals surface area (Å²) in [5.74, 6) is 1.52. The van der Waals surface area contributed by atoms with Gasteiger partial charge in [0.05, 0.1) is 18.8 Å². The highest BCUT2D eigenvalue weighted by Gasteiger charge is 2.16. The smallest absolute Gasteiger partial charge is 0.133 e. The van der Waals surface area contributed by atoms with Gasteiger partial charge in [-0.1, -0.05) is 25.1 Å². The summed E-state index contributed by atoms with van der Waals surface area (Å²) >= 11 is 5.08. The highest BCUT2D eigenvalue weighted by atomic mass is 32.1. The molecular formula is C15H21NO2S. The molecule has 2 rings (SSSR count). The Morgan fingerprint density at radius 1 is 1.21 bits per heavy atom. The van der Waals surface area contributed by atoms with E-state index in [1.54, 1.807) is 7.11 Å². The van der Waals surface area contributed by atoms with E-state index >= 15 is 0 Å². The first-order valence-electron chi connectivity index (χ1n) is 6.85. The first-order chi connectivity index (χ1) is 9.20. The maximum absolute atomic E-state index is 6.12. The maximum Gasteiger partial charge on any atom is 0.133 e. The molecule has 0 aliphatic heterocycles. The molecule has 4 heteroatoms. The summed E-state index contributed by atoms with van der Waals surface area (Å²) in [6, 6.07) is 5.60. The van der Waals surface area contributed by atoms with Gasteiger partial charge in [-0.15, -0.1) is 0 Å². The van der Waals surface area contributed by atoms with Gasteiger partial charge in [0.1, 0.15) is 16.5 Å². The van der Waals surface area contributed by atoms with Gasteiger partial charge in [-0.25, -0.2) is 0 Å². The minimum Gasteiger partial charge on any atom is -0.497 e. The molecule has 0 unspecified atom stereocenters. The van der Waals surface area contributed by atoms with Crippen molar-refractivity contribution in [3.8, 4) is 11.5 Å². The molecule has 0 spiro atoms. The van der Waals surface area contributed by atoms with E-state index in [2.05, 4.69) is 0 Å². The molecule has 0 saturated heterocycles. The van der Waals surface area contributed by atoms with E-state index in [0.717, 1.165) is 29.9 Å². The molecule has 1 aliphatic rings. The maximum atomic E-state index is 6.12. The first kappa shape index (κ1) is 14.1. The van der Waals surface area contributed by atoms with Gasteiger partial charge in [-0.3, -0.25) is 0 Å². The van der Waals surface area contributed by atoms with Gasteiger partial charge < -0.3 is 15.2 Å². The highest BCUT2D eigenvalue weighted by molar-refractivity contribution is 7.80. The van der Waals surface area contributed by atoms with Crippen molar-refractivity contribution in [2.45, 2.75) is 44.6 Å². The molecule has 19 heavy (non-hydrogen) atoms. The first-order valence-corrected chi connectivity index (χ1v) is 7.26. The molecule has 1 aromatic rings. The minimum absolute atomic E-state index is 0.266. The molecule has 0 amide bonds. The molecule has 0 heterocycles. The summed E-state index contributed by atoms with van der Waals surface area (Å²) in [5, 5.41) is 0. The van der Waals surface area contributed by atoms with Crippen molar-refractivity contribution < 1.29 is 9.47 Å². The van der Waals surface area contributed by atoms with Crippen LogP contribution in [0.1, 0.15) is 44.1 Å². The summed E-state index contributed by atoms with van der Waals surface area (Å²) in [4.78, 5) is 0.367. The Bertz CT molecular complexity index is 440. The van der Waals surface area contributed by atoms with Crippen molar-refractivity contribution in [1.29, 1.82) is 0 Å². The third-order valence-electron chi connectivity index (χ3n) is 3.55. The molecule has 0 bridgehead atoms. The Labute approximate surface area is 120 Å². The summed E-state index contributed by atoms with van der Waals surface area (Å²) in [6.45, 7) is 0. The van der Waals surface area contributed by atoms with Crippen molar-refractivity contribution >= 4 is 17.2 Å². The van der Waals surface area contributed by atoms with Gasteiger partial charge >= 0.3 is 0 Å². The minimum atomic E-state index is 0.266. The SMILES string of the molecule is COc1ccc(C(N)=S)c(OC2CCCCCC2)c1. The molecule has 0 atom stereocenters. The van der Waals surface area contributed by atoms with Crippen LogP contribution < -0.4 is 15.2 Å². The van der Waals surface area contributed by atoms with Crippen LogP contribution in [0.4, 0.5) is 0 Å². The summed E-state index contributed by atoms with van der Waals surface area (Å²) in [7, 11) is 1.64. The third kappa shape index (κ3) is 3.83. The molecule has 2 N–H and O–H groups in total. The number of benzene rings is 1. The van der Waals surface area contributed by atoms with E-state index in [9.17, 15) is 0 Å². The van der Waals surface area contributed by atoms with Crippen LogP contribution in [0.2, 0.25) is 0 Å². The zero-order valence-electron chi connectivity index (χ0n) is 11.4. The van der Waals surface area contributed by atoms with Crippen molar-refractivity contribution in [3.05, 3.63) is 23.8 Å². The Balaban J connectivity index is 2.18. The summed E-state index contributed by atoms with van der Waals surface area (Å²) in [6.07, 6.45) is 7.55. The van der Waals surface area contributed by atoms with E-state index in [1.807, 2.05) is 18.2 Å². The average molecular weight is 279 g/mol. The van der Waals surface area contributed by atoms with Crippen LogP contribution in [0.3, 0.4) is 0 Å². The second-order valence-corrected chi connectivity index (χ2v) is 5.40. The molecule has 1 saturated carbocycles. The van der Waals surface area contributed by atoms with Gasteiger partial charge in [-0.2, -0.15) is 0 Å². The number of hydrogen-bond acceptors (Lipinski definition) is 3. The van der Waals surface area contributed by atoms with Gasteiger partial charge in [-0.05, 0) is 37.8 Å². The number of thiocarbonyl (C=S) groups is 1. The standard InChI is InChI=1S/C15H21NO2S/c1-17-12-8-9-13(15(16)19)14(10-12)18-11-6-4-2-3-5-7-11/h8-11H,2-7H2,1H3,(H2,16,19). The topological polar surface area (TPSA) is 44.5 Å². The lowest BCUT2D eigenvalue weighted by molar-refractivity contribution is 0.183. The predicted molar refractivity (Wildman–Crippen MR) is 81.0 cm³/mol. The van der Waals surface area contributed by atoms with Crippen LogP contribution in [0.15, 0.2) is 18.2 Å². The van der Waals surface area contributed by atoms with Crippen LogP contribution in [0.5, 0.6) is 11.5 Å². The molecule has 0 radical (unpaired) electrons. The van der Waals surface area contributed by atoms with Crippen LogP contribution >= 0.6 is 12.2 Å². The zero-order valence-corrected chi connectivity index (χ0v) is 12.2. The molecule has 1 aromatic carbocycles. The van der Waals surface area contributed by atoms with Crippen molar-refractivity contribution in [2.75, 3.05) is 7.11 Å². The van der Waals surface area contributed by atoms with Crippen molar-refractivity contribution in [2.24, 2.45) is 5.73 Å². The zero-order chi connectivity index (χ0) is 13.7. The van der Waals surface area contributed by atoms with Crippen LogP contribution in [0.25, 0.3) is 0 Å². The number of ether oxygens (including phenoxy) is 2. The number of methoxy groups -OCH3 is 1. The number of rotatable bonds is 4. The van der Waals surface area contributed by atoms with Crippen LogP contribution in [-0.2, 0) is 0 Å². The molecule has 3 nitrogen and oxygen atoms in total. The highest BCUT2D eigenvalue weighted by Crippen LogP contribution is 2.29. The Morgan fingerprint density at radius 3 is 2.47 bits per heavy atom. The normalized spacial score (nSPS) is 16.7. The molecule has 1 aliphatic carbocycles. The Hall–Kier alpha value is -1.29. The van der Waals surface area contributed by atoms with Gasteiger partial charge in [0.25, 0.3) is 0 Å². The van der Waals surface area contributed by atoms with E-state index in [-0.39, 0.29) is 6.10 Å². The average Bonchev–Trinajstić information content (AvgIpc) is 2.67. The number of hydrogen-bond donors (Lipinski definition) is 1.